The van der Waals surface area contributed by atoms with Gasteiger partial charge in [-0.3, -0.25) is 9.59 Å². The summed E-state index contributed by atoms with van der Waals surface area (Å²) in [7, 11) is 0. The van der Waals surface area contributed by atoms with Crippen LogP contribution in [-0.4, -0.2) is 17.0 Å². The van der Waals surface area contributed by atoms with Crippen molar-refractivity contribution in [2.24, 2.45) is 0 Å². The van der Waals surface area contributed by atoms with Gasteiger partial charge >= 0.3 is 0 Å². The third-order valence-electron chi connectivity index (χ3n) is 5.42. The summed E-state index contributed by atoms with van der Waals surface area (Å²) in [6, 6.07) is 19.6. The molecule has 0 saturated carbocycles. The average molecular weight is 494 g/mol. The molecule has 4 rings (SSSR count). The average Bonchev–Trinajstić information content (AvgIpc) is 3.25. The van der Waals surface area contributed by atoms with Crippen molar-refractivity contribution >= 4 is 46.4 Å². The molecule has 0 spiro atoms. The Balaban J connectivity index is 1.60. The van der Waals surface area contributed by atoms with Crippen LogP contribution in [0.5, 0.6) is 0 Å². The molecule has 0 aliphatic rings. The first kappa shape index (κ1) is 23.5. The molecule has 0 bridgehead atoms. The van der Waals surface area contributed by atoms with E-state index in [0.717, 1.165) is 16.7 Å². The van der Waals surface area contributed by atoms with Gasteiger partial charge in [-0.25, -0.2) is 0 Å². The zero-order valence-electron chi connectivity index (χ0n) is 18.4. The Morgan fingerprint density at radius 2 is 1.44 bits per heavy atom. The number of hydrogen-bond donors (Lipinski definition) is 2. The summed E-state index contributed by atoms with van der Waals surface area (Å²) in [6.07, 6.45) is 1.37. The van der Waals surface area contributed by atoms with Crippen molar-refractivity contribution in [2.75, 3.05) is 10.6 Å². The molecule has 0 saturated heterocycles. The number of aromatic nitrogens is 1. The summed E-state index contributed by atoms with van der Waals surface area (Å²) in [5, 5.41) is 10.6. The fourth-order valence-electron chi connectivity index (χ4n) is 3.56. The lowest BCUT2D eigenvalue weighted by Crippen LogP contribution is -2.22. The standard InChI is InChI=1S/C26H21Cl2N3O3/c1-15-3-12-21(13-23(15)31-25(32)22-14-29-34-16(22)2)30-26(33)24(17-4-8-19(27)9-5-17)18-6-10-20(28)11-7-18/h3-14,24H,1-2H3,(H,30,33)(H,31,32). The van der Waals surface area contributed by atoms with Crippen LogP contribution in [0.4, 0.5) is 11.4 Å². The number of nitrogens with one attached hydrogen (secondary N) is 2. The van der Waals surface area contributed by atoms with Crippen LogP contribution in [-0.2, 0) is 4.79 Å². The number of benzene rings is 3. The predicted octanol–water partition coefficient (Wildman–Crippen LogP) is 6.62. The minimum absolute atomic E-state index is 0.236. The van der Waals surface area contributed by atoms with E-state index < -0.39 is 5.92 Å². The highest BCUT2D eigenvalue weighted by atomic mass is 35.5. The maximum absolute atomic E-state index is 13.4. The van der Waals surface area contributed by atoms with Gasteiger partial charge < -0.3 is 15.2 Å². The quantitative estimate of drug-likeness (QED) is 0.316. The van der Waals surface area contributed by atoms with Gasteiger partial charge in [0.2, 0.25) is 5.91 Å². The van der Waals surface area contributed by atoms with Gasteiger partial charge in [0, 0.05) is 21.4 Å². The number of aryl methyl sites for hydroxylation is 2. The maximum atomic E-state index is 13.4. The molecule has 0 atom stereocenters. The number of carbonyl (C=O) groups is 2. The van der Waals surface area contributed by atoms with E-state index in [2.05, 4.69) is 15.8 Å². The molecule has 1 heterocycles. The fourth-order valence-corrected chi connectivity index (χ4v) is 3.81. The van der Waals surface area contributed by atoms with Crippen LogP contribution in [0.2, 0.25) is 10.0 Å². The Kier molecular flexibility index (Phi) is 7.01. The molecule has 3 aromatic carbocycles. The molecule has 8 heteroatoms. The third-order valence-corrected chi connectivity index (χ3v) is 5.92. The summed E-state index contributed by atoms with van der Waals surface area (Å²) < 4.78 is 4.97. The normalized spacial score (nSPS) is 10.9. The topological polar surface area (TPSA) is 84.2 Å². The van der Waals surface area contributed by atoms with E-state index in [1.165, 1.54) is 6.20 Å². The number of halogens is 2. The highest BCUT2D eigenvalue weighted by Gasteiger charge is 2.23. The second-order valence-electron chi connectivity index (χ2n) is 7.80. The first-order valence-corrected chi connectivity index (χ1v) is 11.2. The van der Waals surface area contributed by atoms with Crippen molar-refractivity contribution in [1.29, 1.82) is 0 Å². The fraction of sp³-hybridized carbons (Fsp3) is 0.115. The molecular weight excluding hydrogens is 473 g/mol. The first-order valence-electron chi connectivity index (χ1n) is 10.5. The number of hydrogen-bond acceptors (Lipinski definition) is 4. The summed E-state index contributed by atoms with van der Waals surface area (Å²) >= 11 is 12.1. The molecule has 172 valence electrons. The van der Waals surface area contributed by atoms with Crippen LogP contribution in [0.15, 0.2) is 77.4 Å². The number of rotatable bonds is 6. The van der Waals surface area contributed by atoms with Crippen molar-refractivity contribution in [3.05, 3.63) is 111 Å². The molecule has 0 unspecified atom stereocenters. The monoisotopic (exact) mass is 493 g/mol. The second-order valence-corrected chi connectivity index (χ2v) is 8.68. The molecule has 1 aromatic heterocycles. The van der Waals surface area contributed by atoms with Crippen LogP contribution >= 0.6 is 23.2 Å². The van der Waals surface area contributed by atoms with E-state index in [4.69, 9.17) is 27.7 Å². The van der Waals surface area contributed by atoms with Gasteiger partial charge in [-0.1, -0.05) is 58.7 Å². The molecule has 0 fully saturated rings. The third kappa shape index (κ3) is 5.30. The van der Waals surface area contributed by atoms with E-state index in [1.807, 2.05) is 37.3 Å². The zero-order chi connectivity index (χ0) is 24.2. The van der Waals surface area contributed by atoms with E-state index in [-0.39, 0.29) is 11.8 Å². The van der Waals surface area contributed by atoms with Gasteiger partial charge in [-0.2, -0.15) is 0 Å². The van der Waals surface area contributed by atoms with Gasteiger partial charge in [-0.15, -0.1) is 0 Å². The number of anilines is 2. The van der Waals surface area contributed by atoms with Crippen LogP contribution in [0, 0.1) is 13.8 Å². The molecule has 2 N–H and O–H groups in total. The largest absolute Gasteiger partial charge is 0.361 e. The van der Waals surface area contributed by atoms with Gasteiger partial charge in [-0.05, 0) is 66.9 Å². The molecule has 4 aromatic rings. The zero-order valence-corrected chi connectivity index (χ0v) is 19.9. The lowest BCUT2D eigenvalue weighted by atomic mass is 9.90. The van der Waals surface area contributed by atoms with Crippen molar-refractivity contribution in [3.63, 3.8) is 0 Å². The van der Waals surface area contributed by atoms with Crippen molar-refractivity contribution in [1.82, 2.24) is 5.16 Å². The number of carbonyl (C=O) groups excluding carboxylic acids is 2. The van der Waals surface area contributed by atoms with Gasteiger partial charge in [0.25, 0.3) is 5.91 Å². The first-order chi connectivity index (χ1) is 16.3. The molecular formula is C26H21Cl2N3O3. The van der Waals surface area contributed by atoms with Gasteiger partial charge in [0.15, 0.2) is 0 Å². The second kappa shape index (κ2) is 10.1. The predicted molar refractivity (Wildman–Crippen MR) is 134 cm³/mol. The Morgan fingerprint density at radius 1 is 0.853 bits per heavy atom. The van der Waals surface area contributed by atoms with E-state index in [1.54, 1.807) is 43.3 Å². The number of nitrogens with zero attached hydrogens (tertiary/aromatic N) is 1. The van der Waals surface area contributed by atoms with Crippen LogP contribution in [0.1, 0.15) is 38.7 Å². The molecule has 34 heavy (non-hydrogen) atoms. The maximum Gasteiger partial charge on any atom is 0.260 e. The van der Waals surface area contributed by atoms with Crippen molar-refractivity contribution in [2.45, 2.75) is 19.8 Å². The highest BCUT2D eigenvalue weighted by Crippen LogP contribution is 2.29. The van der Waals surface area contributed by atoms with E-state index >= 15 is 0 Å². The molecule has 0 aliphatic heterocycles. The Morgan fingerprint density at radius 3 is 1.97 bits per heavy atom. The van der Waals surface area contributed by atoms with Crippen molar-refractivity contribution in [3.8, 4) is 0 Å². The lowest BCUT2D eigenvalue weighted by Gasteiger charge is -2.19. The van der Waals surface area contributed by atoms with E-state index in [9.17, 15) is 9.59 Å². The minimum atomic E-state index is -0.589. The van der Waals surface area contributed by atoms with Gasteiger partial charge in [0.05, 0.1) is 12.1 Å². The lowest BCUT2D eigenvalue weighted by molar-refractivity contribution is -0.116. The summed E-state index contributed by atoms with van der Waals surface area (Å²) in [5.74, 6) is -0.743. The summed E-state index contributed by atoms with van der Waals surface area (Å²) in [6.45, 7) is 3.53. The summed E-state index contributed by atoms with van der Waals surface area (Å²) in [5.41, 5.74) is 3.87. The van der Waals surface area contributed by atoms with Crippen molar-refractivity contribution < 1.29 is 14.1 Å². The van der Waals surface area contributed by atoms with Gasteiger partial charge in [0.1, 0.15) is 11.3 Å². The summed E-state index contributed by atoms with van der Waals surface area (Å²) in [4.78, 5) is 26.0. The SMILES string of the molecule is Cc1ccc(NC(=O)C(c2ccc(Cl)cc2)c2ccc(Cl)cc2)cc1NC(=O)c1cnoc1C. The molecule has 0 aliphatic carbocycles. The molecule has 2 amide bonds. The van der Waals surface area contributed by atoms with E-state index in [0.29, 0.717) is 32.7 Å². The molecule has 6 nitrogen and oxygen atoms in total. The van der Waals surface area contributed by atoms with Crippen LogP contribution in [0.25, 0.3) is 0 Å². The van der Waals surface area contributed by atoms with Crippen LogP contribution in [0.3, 0.4) is 0 Å². The smallest absolute Gasteiger partial charge is 0.260 e. The highest BCUT2D eigenvalue weighted by molar-refractivity contribution is 6.30. The Labute approximate surface area is 206 Å². The Hall–Kier alpha value is -3.61. The molecule has 0 radical (unpaired) electrons. The minimum Gasteiger partial charge on any atom is -0.361 e. The number of amides is 2. The Bertz CT molecular complexity index is 1290. The van der Waals surface area contributed by atoms with Crippen LogP contribution < -0.4 is 10.6 Å².